The SMILES string of the molecule is CCn1c(CC(=O)C2CCC(CN)O2)nc2ccccc21. The Labute approximate surface area is 124 Å². The van der Waals surface area contributed by atoms with E-state index in [4.69, 9.17) is 10.5 Å². The fourth-order valence-electron chi connectivity index (χ4n) is 3.00. The Bertz CT molecular complexity index is 650. The number of imidazole rings is 1. The lowest BCUT2D eigenvalue weighted by atomic mass is 10.1. The van der Waals surface area contributed by atoms with Gasteiger partial charge in [0.1, 0.15) is 11.9 Å². The number of ether oxygens (including phenoxy) is 1. The summed E-state index contributed by atoms with van der Waals surface area (Å²) in [5.41, 5.74) is 7.61. The molecule has 1 aliphatic heterocycles. The zero-order valence-corrected chi connectivity index (χ0v) is 12.3. The molecule has 0 saturated carbocycles. The number of nitrogens with zero attached hydrogens (tertiary/aromatic N) is 2. The Kier molecular flexibility index (Phi) is 4.03. The number of ketones is 1. The Morgan fingerprint density at radius 3 is 2.95 bits per heavy atom. The first-order valence-electron chi connectivity index (χ1n) is 7.55. The number of rotatable bonds is 5. The van der Waals surface area contributed by atoms with Gasteiger partial charge in [0, 0.05) is 13.1 Å². The lowest BCUT2D eigenvalue weighted by molar-refractivity contribution is -0.129. The van der Waals surface area contributed by atoms with E-state index in [9.17, 15) is 4.79 Å². The number of aromatic nitrogens is 2. The van der Waals surface area contributed by atoms with Gasteiger partial charge in [-0.25, -0.2) is 4.98 Å². The number of hydrogen-bond acceptors (Lipinski definition) is 4. The maximum atomic E-state index is 12.4. The lowest BCUT2D eigenvalue weighted by Crippen LogP contribution is -2.27. The van der Waals surface area contributed by atoms with Crippen LogP contribution in [0.1, 0.15) is 25.6 Å². The van der Waals surface area contributed by atoms with Gasteiger partial charge in [0.2, 0.25) is 0 Å². The van der Waals surface area contributed by atoms with Crippen LogP contribution in [-0.4, -0.2) is 34.1 Å². The van der Waals surface area contributed by atoms with Crippen molar-refractivity contribution in [3.05, 3.63) is 30.1 Å². The first-order valence-corrected chi connectivity index (χ1v) is 7.55. The number of benzene rings is 1. The molecule has 0 bridgehead atoms. The van der Waals surface area contributed by atoms with Gasteiger partial charge < -0.3 is 15.0 Å². The van der Waals surface area contributed by atoms with Gasteiger partial charge in [0.05, 0.1) is 23.6 Å². The predicted molar refractivity (Wildman–Crippen MR) is 81.1 cm³/mol. The second kappa shape index (κ2) is 5.95. The zero-order valence-electron chi connectivity index (χ0n) is 12.3. The van der Waals surface area contributed by atoms with Gasteiger partial charge in [-0.15, -0.1) is 0 Å². The van der Waals surface area contributed by atoms with E-state index in [1.807, 2.05) is 24.3 Å². The summed E-state index contributed by atoms with van der Waals surface area (Å²) in [6, 6.07) is 7.98. The molecular weight excluding hydrogens is 266 g/mol. The highest BCUT2D eigenvalue weighted by atomic mass is 16.5. The van der Waals surface area contributed by atoms with E-state index >= 15 is 0 Å². The Morgan fingerprint density at radius 2 is 2.24 bits per heavy atom. The van der Waals surface area contributed by atoms with Gasteiger partial charge in [0.15, 0.2) is 5.78 Å². The highest BCUT2D eigenvalue weighted by Crippen LogP contribution is 2.22. The minimum atomic E-state index is -0.316. The third-order valence-corrected chi connectivity index (χ3v) is 4.11. The van der Waals surface area contributed by atoms with Crippen LogP contribution in [0.4, 0.5) is 0 Å². The molecule has 1 saturated heterocycles. The fraction of sp³-hybridized carbons (Fsp3) is 0.500. The average Bonchev–Trinajstić information content (AvgIpc) is 3.11. The molecule has 0 amide bonds. The van der Waals surface area contributed by atoms with Crippen molar-refractivity contribution >= 4 is 16.8 Å². The molecule has 5 heteroatoms. The van der Waals surface area contributed by atoms with E-state index in [1.54, 1.807) is 0 Å². The van der Waals surface area contributed by atoms with Crippen LogP contribution >= 0.6 is 0 Å². The van der Waals surface area contributed by atoms with E-state index < -0.39 is 0 Å². The Balaban J connectivity index is 1.80. The number of carbonyl (C=O) groups is 1. The van der Waals surface area contributed by atoms with E-state index in [2.05, 4.69) is 16.5 Å². The molecule has 0 aliphatic carbocycles. The quantitative estimate of drug-likeness (QED) is 0.908. The molecule has 3 rings (SSSR count). The van der Waals surface area contributed by atoms with Gasteiger partial charge >= 0.3 is 0 Å². The van der Waals surface area contributed by atoms with Crippen molar-refractivity contribution in [1.82, 2.24) is 9.55 Å². The van der Waals surface area contributed by atoms with E-state index in [0.29, 0.717) is 13.0 Å². The first kappa shape index (κ1) is 14.2. The highest BCUT2D eigenvalue weighted by molar-refractivity contribution is 5.86. The van der Waals surface area contributed by atoms with E-state index in [1.165, 1.54) is 0 Å². The van der Waals surface area contributed by atoms with Crippen molar-refractivity contribution < 1.29 is 9.53 Å². The second-order valence-corrected chi connectivity index (χ2v) is 5.46. The molecule has 2 aromatic rings. The number of hydrogen-bond donors (Lipinski definition) is 1. The monoisotopic (exact) mass is 287 g/mol. The Hall–Kier alpha value is -1.72. The third-order valence-electron chi connectivity index (χ3n) is 4.11. The van der Waals surface area contributed by atoms with Crippen LogP contribution in [0.25, 0.3) is 11.0 Å². The summed E-state index contributed by atoms with van der Waals surface area (Å²) in [5.74, 6) is 0.930. The van der Waals surface area contributed by atoms with Gasteiger partial charge in [-0.2, -0.15) is 0 Å². The molecule has 112 valence electrons. The van der Waals surface area contributed by atoms with Crippen molar-refractivity contribution in [3.8, 4) is 0 Å². The molecule has 1 aromatic heterocycles. The summed E-state index contributed by atoms with van der Waals surface area (Å²) in [6.45, 7) is 3.36. The van der Waals surface area contributed by atoms with Crippen LogP contribution in [0, 0.1) is 0 Å². The summed E-state index contributed by atoms with van der Waals surface area (Å²) in [6.07, 6.45) is 1.68. The number of para-hydroxylation sites is 2. The number of nitrogens with two attached hydrogens (primary N) is 1. The predicted octanol–water partition coefficient (Wildman–Crippen LogP) is 1.67. The normalized spacial score (nSPS) is 22.0. The maximum absolute atomic E-state index is 12.4. The largest absolute Gasteiger partial charge is 0.366 e. The van der Waals surface area contributed by atoms with Crippen molar-refractivity contribution in [2.24, 2.45) is 5.73 Å². The molecule has 21 heavy (non-hydrogen) atoms. The highest BCUT2D eigenvalue weighted by Gasteiger charge is 2.30. The molecule has 2 heterocycles. The summed E-state index contributed by atoms with van der Waals surface area (Å²) in [7, 11) is 0. The molecule has 0 radical (unpaired) electrons. The average molecular weight is 287 g/mol. The Morgan fingerprint density at radius 1 is 1.43 bits per heavy atom. The number of carbonyl (C=O) groups excluding carboxylic acids is 1. The zero-order chi connectivity index (χ0) is 14.8. The number of Topliss-reactive ketones (excluding diaryl/α,β-unsaturated/α-hetero) is 1. The molecule has 2 N–H and O–H groups in total. The second-order valence-electron chi connectivity index (χ2n) is 5.46. The van der Waals surface area contributed by atoms with Crippen LogP contribution < -0.4 is 5.73 Å². The first-order chi connectivity index (χ1) is 10.2. The summed E-state index contributed by atoms with van der Waals surface area (Å²) in [4.78, 5) is 17.0. The van der Waals surface area contributed by atoms with Crippen LogP contribution in [0.3, 0.4) is 0 Å². The molecule has 1 aromatic carbocycles. The molecule has 1 fully saturated rings. The van der Waals surface area contributed by atoms with Gasteiger partial charge in [0.25, 0.3) is 0 Å². The topological polar surface area (TPSA) is 70.1 Å². The molecule has 1 aliphatic rings. The number of fused-ring (bicyclic) bond motifs is 1. The maximum Gasteiger partial charge on any atom is 0.169 e. The number of aryl methyl sites for hydroxylation is 1. The van der Waals surface area contributed by atoms with Crippen LogP contribution in [0.15, 0.2) is 24.3 Å². The van der Waals surface area contributed by atoms with Crippen molar-refractivity contribution in [2.45, 2.75) is 44.9 Å². The summed E-state index contributed by atoms with van der Waals surface area (Å²) in [5, 5.41) is 0. The molecular formula is C16H21N3O2. The van der Waals surface area contributed by atoms with E-state index in [0.717, 1.165) is 36.2 Å². The standard InChI is InChI=1S/C16H21N3O2/c1-2-19-13-6-4-3-5-12(13)18-16(19)9-14(20)15-8-7-11(10-17)21-15/h3-6,11,15H,2,7-10,17H2,1H3. The van der Waals surface area contributed by atoms with E-state index in [-0.39, 0.29) is 18.0 Å². The van der Waals surface area contributed by atoms with Gasteiger partial charge in [-0.1, -0.05) is 12.1 Å². The van der Waals surface area contributed by atoms with Crippen molar-refractivity contribution in [2.75, 3.05) is 6.54 Å². The lowest BCUT2D eigenvalue weighted by Gasteiger charge is -2.11. The van der Waals surface area contributed by atoms with Crippen LogP contribution in [-0.2, 0) is 22.5 Å². The van der Waals surface area contributed by atoms with Gasteiger partial charge in [-0.3, -0.25) is 4.79 Å². The molecule has 2 unspecified atom stereocenters. The summed E-state index contributed by atoms with van der Waals surface area (Å²) >= 11 is 0. The summed E-state index contributed by atoms with van der Waals surface area (Å²) < 4.78 is 7.78. The van der Waals surface area contributed by atoms with Crippen LogP contribution in [0.2, 0.25) is 0 Å². The minimum Gasteiger partial charge on any atom is -0.366 e. The molecule has 2 atom stereocenters. The fourth-order valence-corrected chi connectivity index (χ4v) is 3.00. The smallest absolute Gasteiger partial charge is 0.169 e. The van der Waals surface area contributed by atoms with Crippen LogP contribution in [0.5, 0.6) is 0 Å². The van der Waals surface area contributed by atoms with Gasteiger partial charge in [-0.05, 0) is 31.9 Å². The van der Waals surface area contributed by atoms with Crippen molar-refractivity contribution in [1.29, 1.82) is 0 Å². The molecule has 0 spiro atoms. The van der Waals surface area contributed by atoms with Crippen molar-refractivity contribution in [3.63, 3.8) is 0 Å². The third kappa shape index (κ3) is 2.71. The minimum absolute atomic E-state index is 0.0314. The molecule has 5 nitrogen and oxygen atoms in total.